The van der Waals surface area contributed by atoms with Gasteiger partial charge in [0.2, 0.25) is 0 Å². The van der Waals surface area contributed by atoms with Crippen LogP contribution in [0.3, 0.4) is 0 Å². The van der Waals surface area contributed by atoms with Crippen molar-refractivity contribution in [2.24, 2.45) is 0 Å². The van der Waals surface area contributed by atoms with Crippen molar-refractivity contribution >= 4 is 5.69 Å². The topological polar surface area (TPSA) is 41.5 Å². The van der Waals surface area contributed by atoms with E-state index in [1.165, 1.54) is 12.1 Å². The molecule has 1 aliphatic rings. The van der Waals surface area contributed by atoms with Crippen LogP contribution in [0.5, 0.6) is 11.5 Å². The molecule has 0 aliphatic carbocycles. The van der Waals surface area contributed by atoms with E-state index in [-0.39, 0.29) is 17.6 Å². The van der Waals surface area contributed by atoms with Crippen LogP contribution in [-0.2, 0) is 0 Å². The summed E-state index contributed by atoms with van der Waals surface area (Å²) < 4.78 is 18.3. The minimum absolute atomic E-state index is 0.0195. The number of halogens is 1. The van der Waals surface area contributed by atoms with Gasteiger partial charge in [0.05, 0.1) is 6.04 Å². The number of hydrogen-bond donors (Lipinski definition) is 2. The molecule has 0 saturated heterocycles. The second-order valence-electron chi connectivity index (χ2n) is 4.24. The van der Waals surface area contributed by atoms with Crippen LogP contribution in [0.25, 0.3) is 0 Å². The first-order valence-corrected chi connectivity index (χ1v) is 5.70. The molecule has 0 radical (unpaired) electrons. The third-order valence-electron chi connectivity index (χ3n) is 2.96. The summed E-state index contributed by atoms with van der Waals surface area (Å²) in [7, 11) is 0. The zero-order valence-electron chi connectivity index (χ0n) is 9.56. The molecule has 3 rings (SSSR count). The number of phenolic OH excluding ortho intramolecular Hbond substituents is 1. The van der Waals surface area contributed by atoms with Crippen LogP contribution >= 0.6 is 0 Å². The second-order valence-corrected chi connectivity index (χ2v) is 4.24. The predicted molar refractivity (Wildman–Crippen MR) is 66.4 cm³/mol. The van der Waals surface area contributed by atoms with Crippen LogP contribution in [0.2, 0.25) is 0 Å². The van der Waals surface area contributed by atoms with Gasteiger partial charge in [-0.2, -0.15) is 0 Å². The molecule has 0 bridgehead atoms. The lowest BCUT2D eigenvalue weighted by Crippen LogP contribution is -2.11. The Labute approximate surface area is 104 Å². The molecular weight excluding hydrogens is 233 g/mol. The van der Waals surface area contributed by atoms with Gasteiger partial charge in [0.1, 0.15) is 23.9 Å². The minimum atomic E-state index is -0.256. The van der Waals surface area contributed by atoms with Crippen LogP contribution < -0.4 is 10.1 Å². The largest absolute Gasteiger partial charge is 0.508 e. The lowest BCUT2D eigenvalue weighted by atomic mass is 10.1. The van der Waals surface area contributed by atoms with Crippen molar-refractivity contribution in [1.29, 1.82) is 0 Å². The molecule has 0 amide bonds. The number of anilines is 1. The lowest BCUT2D eigenvalue weighted by molar-refractivity contribution is 0.338. The van der Waals surface area contributed by atoms with Crippen LogP contribution in [0.15, 0.2) is 42.5 Å². The SMILES string of the molecule is Oc1ccc2c(c1)OCC2Nc1ccc(F)cc1. The molecule has 92 valence electrons. The quantitative estimate of drug-likeness (QED) is 0.854. The highest BCUT2D eigenvalue weighted by molar-refractivity contribution is 5.51. The monoisotopic (exact) mass is 245 g/mol. The van der Waals surface area contributed by atoms with Gasteiger partial charge in [-0.1, -0.05) is 0 Å². The Hall–Kier alpha value is -2.23. The van der Waals surface area contributed by atoms with E-state index in [0.717, 1.165) is 11.3 Å². The number of nitrogens with one attached hydrogen (secondary N) is 1. The van der Waals surface area contributed by atoms with E-state index in [1.54, 1.807) is 24.3 Å². The standard InChI is InChI=1S/C14H12FNO2/c15-9-1-3-10(4-2-9)16-13-8-18-14-7-11(17)5-6-12(13)14/h1-7,13,16-17H,8H2. The summed E-state index contributed by atoms with van der Waals surface area (Å²) in [5, 5.41) is 12.6. The number of aromatic hydroxyl groups is 1. The Morgan fingerprint density at radius 3 is 2.72 bits per heavy atom. The third kappa shape index (κ3) is 1.97. The molecule has 4 heteroatoms. The van der Waals surface area contributed by atoms with Crippen molar-refractivity contribution in [3.8, 4) is 11.5 Å². The fourth-order valence-electron chi connectivity index (χ4n) is 2.07. The molecule has 0 aromatic heterocycles. The van der Waals surface area contributed by atoms with Gasteiger partial charge < -0.3 is 15.2 Å². The zero-order chi connectivity index (χ0) is 12.5. The fraction of sp³-hybridized carbons (Fsp3) is 0.143. The first-order chi connectivity index (χ1) is 8.72. The molecule has 1 aliphatic heterocycles. The molecule has 3 nitrogen and oxygen atoms in total. The van der Waals surface area contributed by atoms with Crippen LogP contribution in [0, 0.1) is 5.82 Å². The Morgan fingerprint density at radius 2 is 1.94 bits per heavy atom. The molecule has 2 N–H and O–H groups in total. The van der Waals surface area contributed by atoms with Gasteiger partial charge in [0.15, 0.2) is 0 Å². The van der Waals surface area contributed by atoms with E-state index >= 15 is 0 Å². The highest BCUT2D eigenvalue weighted by Gasteiger charge is 2.24. The van der Waals surface area contributed by atoms with E-state index < -0.39 is 0 Å². The Morgan fingerprint density at radius 1 is 1.17 bits per heavy atom. The molecular formula is C14H12FNO2. The van der Waals surface area contributed by atoms with Crippen molar-refractivity contribution in [2.75, 3.05) is 11.9 Å². The minimum Gasteiger partial charge on any atom is -0.508 e. The summed E-state index contributed by atoms with van der Waals surface area (Å²) >= 11 is 0. The average molecular weight is 245 g/mol. The number of hydrogen-bond acceptors (Lipinski definition) is 3. The van der Waals surface area contributed by atoms with Crippen LogP contribution in [0.1, 0.15) is 11.6 Å². The highest BCUT2D eigenvalue weighted by atomic mass is 19.1. The summed E-state index contributed by atoms with van der Waals surface area (Å²) in [6.45, 7) is 0.496. The van der Waals surface area contributed by atoms with Crippen molar-refractivity contribution in [3.63, 3.8) is 0 Å². The van der Waals surface area contributed by atoms with E-state index in [0.29, 0.717) is 12.4 Å². The number of rotatable bonds is 2. The Kier molecular flexibility index (Phi) is 2.55. The summed E-state index contributed by atoms with van der Waals surface area (Å²) in [4.78, 5) is 0. The van der Waals surface area contributed by atoms with E-state index in [9.17, 15) is 9.50 Å². The molecule has 2 aromatic rings. The number of fused-ring (bicyclic) bond motifs is 1. The van der Waals surface area contributed by atoms with Gasteiger partial charge in [-0.25, -0.2) is 4.39 Å². The zero-order valence-corrected chi connectivity index (χ0v) is 9.56. The molecule has 1 unspecified atom stereocenters. The maximum Gasteiger partial charge on any atom is 0.128 e. The van der Waals surface area contributed by atoms with Crippen molar-refractivity contribution in [1.82, 2.24) is 0 Å². The molecule has 1 atom stereocenters. The maximum absolute atomic E-state index is 12.8. The van der Waals surface area contributed by atoms with E-state index in [4.69, 9.17) is 4.74 Å². The number of benzene rings is 2. The van der Waals surface area contributed by atoms with Gasteiger partial charge in [0.25, 0.3) is 0 Å². The fourth-order valence-corrected chi connectivity index (χ4v) is 2.07. The van der Waals surface area contributed by atoms with Crippen molar-refractivity contribution < 1.29 is 14.2 Å². The molecule has 18 heavy (non-hydrogen) atoms. The second kappa shape index (κ2) is 4.22. The smallest absolute Gasteiger partial charge is 0.128 e. The Bertz CT molecular complexity index is 569. The normalized spacial score (nSPS) is 17.1. The first kappa shape index (κ1) is 10.9. The number of ether oxygens (including phenoxy) is 1. The summed E-state index contributed by atoms with van der Waals surface area (Å²) in [5.41, 5.74) is 1.84. The average Bonchev–Trinajstić information content (AvgIpc) is 2.74. The third-order valence-corrected chi connectivity index (χ3v) is 2.96. The van der Waals surface area contributed by atoms with E-state index in [1.807, 2.05) is 6.07 Å². The highest BCUT2D eigenvalue weighted by Crippen LogP contribution is 2.36. The molecule has 0 spiro atoms. The van der Waals surface area contributed by atoms with Crippen molar-refractivity contribution in [2.45, 2.75) is 6.04 Å². The lowest BCUT2D eigenvalue weighted by Gasteiger charge is -2.13. The van der Waals surface area contributed by atoms with Gasteiger partial charge in [-0.3, -0.25) is 0 Å². The summed E-state index contributed by atoms with van der Waals surface area (Å²) in [6.07, 6.45) is 0. The number of phenols is 1. The van der Waals surface area contributed by atoms with Gasteiger partial charge in [0, 0.05) is 17.3 Å². The van der Waals surface area contributed by atoms with E-state index in [2.05, 4.69) is 5.32 Å². The maximum atomic E-state index is 12.8. The van der Waals surface area contributed by atoms with Gasteiger partial charge in [-0.15, -0.1) is 0 Å². The summed E-state index contributed by atoms with van der Waals surface area (Å²) in [5.74, 6) is 0.624. The molecule has 0 fully saturated rings. The first-order valence-electron chi connectivity index (χ1n) is 5.70. The van der Waals surface area contributed by atoms with Crippen LogP contribution in [0.4, 0.5) is 10.1 Å². The summed E-state index contributed by atoms with van der Waals surface area (Å²) in [6, 6.07) is 11.3. The molecule has 0 saturated carbocycles. The van der Waals surface area contributed by atoms with Gasteiger partial charge >= 0.3 is 0 Å². The molecule has 2 aromatic carbocycles. The predicted octanol–water partition coefficient (Wildman–Crippen LogP) is 3.08. The molecule has 1 heterocycles. The van der Waals surface area contributed by atoms with Crippen molar-refractivity contribution in [3.05, 3.63) is 53.8 Å². The van der Waals surface area contributed by atoms with Gasteiger partial charge in [-0.05, 0) is 36.4 Å². The Balaban J connectivity index is 1.82. The van der Waals surface area contributed by atoms with Crippen LogP contribution in [-0.4, -0.2) is 11.7 Å².